The fourth-order valence-electron chi connectivity index (χ4n) is 2.63. The zero-order chi connectivity index (χ0) is 25.3. The smallest absolute Gasteiger partial charge is 0.222 e. The minimum absolute atomic E-state index is 0.00362. The van der Waals surface area contributed by atoms with E-state index in [1.807, 2.05) is 18.4 Å². The summed E-state index contributed by atoms with van der Waals surface area (Å²) in [5.74, 6) is -0.00362. The van der Waals surface area contributed by atoms with Gasteiger partial charge >= 0.3 is 0 Å². The Bertz CT molecular complexity index is 500. The van der Waals surface area contributed by atoms with E-state index < -0.39 is 0 Å². The molecule has 0 aliphatic carbocycles. The Morgan fingerprint density at radius 3 is 2.18 bits per heavy atom. The first-order valence-electron chi connectivity index (χ1n) is 12.2. The molecule has 1 unspecified atom stereocenters. The van der Waals surface area contributed by atoms with Gasteiger partial charge in [0.1, 0.15) is 4.93 Å². The first-order chi connectivity index (χ1) is 16.4. The van der Waals surface area contributed by atoms with Crippen molar-refractivity contribution in [2.75, 3.05) is 78.8 Å². The van der Waals surface area contributed by atoms with Gasteiger partial charge in [-0.05, 0) is 19.6 Å². The van der Waals surface area contributed by atoms with Gasteiger partial charge in [-0.1, -0.05) is 54.5 Å². The van der Waals surface area contributed by atoms with E-state index in [1.54, 1.807) is 21.6 Å². The molecule has 0 bridgehead atoms. The van der Waals surface area contributed by atoms with Crippen molar-refractivity contribution in [2.24, 2.45) is 0 Å². The number of amides is 1. The van der Waals surface area contributed by atoms with E-state index >= 15 is 0 Å². The maximum atomic E-state index is 11.6. The largest absolute Gasteiger partial charge is 0.379 e. The van der Waals surface area contributed by atoms with E-state index in [9.17, 15) is 4.79 Å². The standard InChI is InChI=1S/C24H48N2O6S2/c1-6-7-8-11-26-23(27)9-13-28-16-19-31-20-21-32-24(4,34-33-5)10-14-29-17-18-30-15-12-25-22(2)3/h7-8,22,25H,6,9-21H2,1-5H3,(H,26,27)/b8-7+. The highest BCUT2D eigenvalue weighted by molar-refractivity contribution is 8.76. The molecule has 0 fully saturated rings. The lowest BCUT2D eigenvalue weighted by Gasteiger charge is -2.28. The summed E-state index contributed by atoms with van der Waals surface area (Å²) >= 11 is 0. The quantitative estimate of drug-likeness (QED) is 0.0804. The number of nitrogens with one attached hydrogen (secondary N) is 2. The van der Waals surface area contributed by atoms with Crippen LogP contribution in [0.15, 0.2) is 12.2 Å². The van der Waals surface area contributed by atoms with E-state index in [2.05, 4.69) is 38.3 Å². The molecule has 1 atom stereocenters. The van der Waals surface area contributed by atoms with Gasteiger partial charge in [0, 0.05) is 32.0 Å². The van der Waals surface area contributed by atoms with Gasteiger partial charge in [0.25, 0.3) is 0 Å². The Labute approximate surface area is 215 Å². The number of allylic oxidation sites excluding steroid dienone is 1. The molecular weight excluding hydrogens is 476 g/mol. The normalized spacial score (nSPS) is 13.6. The lowest BCUT2D eigenvalue weighted by molar-refractivity contribution is -0.122. The Balaban J connectivity index is 3.67. The molecule has 0 aromatic heterocycles. The summed E-state index contributed by atoms with van der Waals surface area (Å²) in [5, 5.41) is 6.14. The van der Waals surface area contributed by atoms with Crippen molar-refractivity contribution in [3.63, 3.8) is 0 Å². The van der Waals surface area contributed by atoms with Crippen molar-refractivity contribution in [3.8, 4) is 0 Å². The van der Waals surface area contributed by atoms with Gasteiger partial charge in [-0.3, -0.25) is 4.79 Å². The van der Waals surface area contributed by atoms with E-state index in [1.165, 1.54) is 0 Å². The summed E-state index contributed by atoms with van der Waals surface area (Å²) in [4.78, 5) is 11.3. The monoisotopic (exact) mass is 524 g/mol. The summed E-state index contributed by atoms with van der Waals surface area (Å²) < 4.78 is 28.4. The van der Waals surface area contributed by atoms with Crippen LogP contribution in [0.2, 0.25) is 0 Å². The molecular formula is C24H48N2O6S2. The van der Waals surface area contributed by atoms with Crippen molar-refractivity contribution in [2.45, 2.75) is 57.9 Å². The molecule has 0 saturated carbocycles. The average molecular weight is 525 g/mol. The van der Waals surface area contributed by atoms with Crippen LogP contribution in [0.3, 0.4) is 0 Å². The van der Waals surface area contributed by atoms with Crippen LogP contribution in [-0.2, 0) is 28.5 Å². The molecule has 0 radical (unpaired) electrons. The molecule has 0 saturated heterocycles. The highest BCUT2D eigenvalue weighted by atomic mass is 33.1. The molecule has 10 heteroatoms. The molecule has 202 valence electrons. The number of hydrogen-bond donors (Lipinski definition) is 2. The first kappa shape index (κ1) is 33.7. The van der Waals surface area contributed by atoms with E-state index in [0.717, 1.165) is 19.4 Å². The lowest BCUT2D eigenvalue weighted by atomic mass is 10.3. The van der Waals surface area contributed by atoms with Crippen LogP contribution in [0, 0.1) is 0 Å². The van der Waals surface area contributed by atoms with Crippen LogP contribution in [0.25, 0.3) is 0 Å². The molecule has 0 spiro atoms. The summed E-state index contributed by atoms with van der Waals surface area (Å²) in [7, 11) is 3.38. The highest BCUT2D eigenvalue weighted by Crippen LogP contribution is 2.37. The van der Waals surface area contributed by atoms with Crippen molar-refractivity contribution in [3.05, 3.63) is 12.2 Å². The number of ether oxygens (including phenoxy) is 5. The fourth-order valence-corrected chi connectivity index (χ4v) is 4.73. The van der Waals surface area contributed by atoms with Gasteiger partial charge < -0.3 is 34.3 Å². The predicted molar refractivity (Wildman–Crippen MR) is 144 cm³/mol. The zero-order valence-corrected chi connectivity index (χ0v) is 23.5. The van der Waals surface area contributed by atoms with Crippen molar-refractivity contribution in [1.29, 1.82) is 0 Å². The van der Waals surface area contributed by atoms with Gasteiger partial charge in [0.05, 0.1) is 59.5 Å². The molecule has 0 aliphatic rings. The SMILES string of the molecule is CC/C=C/CNC(=O)CCOCCOCCOC(C)(CCOCCOCCNC(C)C)SSC. The fraction of sp³-hybridized carbons (Fsp3) is 0.875. The third kappa shape index (κ3) is 23.4. The molecule has 0 aromatic rings. The van der Waals surface area contributed by atoms with Crippen molar-refractivity contribution < 1.29 is 28.5 Å². The van der Waals surface area contributed by atoms with Crippen molar-refractivity contribution in [1.82, 2.24) is 10.6 Å². The molecule has 8 nitrogen and oxygen atoms in total. The highest BCUT2D eigenvalue weighted by Gasteiger charge is 2.25. The van der Waals surface area contributed by atoms with E-state index in [-0.39, 0.29) is 10.8 Å². The van der Waals surface area contributed by atoms with Crippen LogP contribution in [-0.4, -0.2) is 95.7 Å². The maximum Gasteiger partial charge on any atom is 0.222 e. The van der Waals surface area contributed by atoms with E-state index in [0.29, 0.717) is 78.5 Å². The van der Waals surface area contributed by atoms with Crippen LogP contribution >= 0.6 is 21.6 Å². The van der Waals surface area contributed by atoms with Crippen LogP contribution < -0.4 is 10.6 Å². The van der Waals surface area contributed by atoms with Gasteiger partial charge in [0.15, 0.2) is 0 Å². The van der Waals surface area contributed by atoms with Gasteiger partial charge in [-0.15, -0.1) is 0 Å². The molecule has 0 rings (SSSR count). The van der Waals surface area contributed by atoms with Gasteiger partial charge in [-0.2, -0.15) is 0 Å². The van der Waals surface area contributed by atoms with Gasteiger partial charge in [0.2, 0.25) is 5.91 Å². The maximum absolute atomic E-state index is 11.6. The Kier molecular flexibility index (Phi) is 24.1. The molecule has 34 heavy (non-hydrogen) atoms. The minimum atomic E-state index is -0.332. The minimum Gasteiger partial charge on any atom is -0.379 e. The third-order valence-corrected chi connectivity index (χ3v) is 6.83. The Morgan fingerprint density at radius 1 is 0.912 bits per heavy atom. The topological polar surface area (TPSA) is 87.3 Å². The second kappa shape index (κ2) is 24.4. The number of hydrogen-bond acceptors (Lipinski definition) is 9. The molecule has 2 N–H and O–H groups in total. The second-order valence-corrected chi connectivity index (χ2v) is 10.8. The van der Waals surface area contributed by atoms with Crippen LogP contribution in [0.4, 0.5) is 0 Å². The predicted octanol–water partition coefficient (Wildman–Crippen LogP) is 3.66. The summed E-state index contributed by atoms with van der Waals surface area (Å²) in [6.07, 6.45) is 8.14. The summed E-state index contributed by atoms with van der Waals surface area (Å²) in [6.45, 7) is 14.6. The number of carbonyl (C=O) groups is 1. The van der Waals surface area contributed by atoms with Crippen LogP contribution in [0.1, 0.15) is 47.0 Å². The average Bonchev–Trinajstić information content (AvgIpc) is 2.79. The van der Waals surface area contributed by atoms with Crippen molar-refractivity contribution >= 4 is 27.5 Å². The molecule has 0 heterocycles. The third-order valence-electron chi connectivity index (χ3n) is 4.43. The second-order valence-electron chi connectivity index (χ2n) is 7.97. The Hall–Kier alpha value is -0.330. The first-order valence-corrected chi connectivity index (χ1v) is 14.8. The molecule has 1 amide bonds. The van der Waals surface area contributed by atoms with E-state index in [4.69, 9.17) is 23.7 Å². The summed E-state index contributed by atoms with van der Waals surface area (Å²) in [6, 6.07) is 0.479. The Morgan fingerprint density at radius 2 is 1.53 bits per heavy atom. The number of carbonyl (C=O) groups excluding carboxylic acids is 1. The molecule has 0 aliphatic heterocycles. The lowest BCUT2D eigenvalue weighted by Crippen LogP contribution is -2.28. The zero-order valence-electron chi connectivity index (χ0n) is 21.9. The van der Waals surface area contributed by atoms with Crippen LogP contribution in [0.5, 0.6) is 0 Å². The molecule has 0 aromatic carbocycles. The number of rotatable bonds is 25. The summed E-state index contributed by atoms with van der Waals surface area (Å²) in [5.41, 5.74) is 0. The van der Waals surface area contributed by atoms with Gasteiger partial charge in [-0.25, -0.2) is 0 Å².